The maximum atomic E-state index is 14.3. The van der Waals surface area contributed by atoms with Gasteiger partial charge in [-0.3, -0.25) is 4.79 Å². The van der Waals surface area contributed by atoms with Gasteiger partial charge in [0.15, 0.2) is 23.6 Å². The van der Waals surface area contributed by atoms with Crippen molar-refractivity contribution in [1.82, 2.24) is 4.90 Å². The van der Waals surface area contributed by atoms with Crippen LogP contribution in [0.25, 0.3) is 0 Å². The van der Waals surface area contributed by atoms with Crippen LogP contribution in [0.5, 0.6) is 11.5 Å². The van der Waals surface area contributed by atoms with Crippen LogP contribution >= 0.6 is 0 Å². The Labute approximate surface area is 173 Å². The van der Waals surface area contributed by atoms with Gasteiger partial charge in [0, 0.05) is 11.1 Å². The van der Waals surface area contributed by atoms with E-state index in [4.69, 9.17) is 9.47 Å². The van der Waals surface area contributed by atoms with Crippen LogP contribution in [0.4, 0.5) is 8.78 Å². The van der Waals surface area contributed by atoms with Crippen LogP contribution in [-0.2, 0) is 16.1 Å². The molecule has 2 aromatic carbocycles. The molecule has 0 aromatic heterocycles. The van der Waals surface area contributed by atoms with Gasteiger partial charge in [0.2, 0.25) is 0 Å². The van der Waals surface area contributed by atoms with Crippen LogP contribution in [-0.4, -0.2) is 34.6 Å². The van der Waals surface area contributed by atoms with E-state index in [1.54, 1.807) is 32.9 Å². The molecule has 1 heterocycles. The number of para-hydroxylation sites is 1. The Kier molecular flexibility index (Phi) is 6.24. The van der Waals surface area contributed by atoms with Crippen molar-refractivity contribution in [1.29, 1.82) is 0 Å². The molecular weight excluding hydrogens is 396 g/mol. The molecule has 0 saturated heterocycles. The van der Waals surface area contributed by atoms with E-state index in [1.807, 2.05) is 0 Å². The number of carbonyl (C=O) groups is 2. The summed E-state index contributed by atoms with van der Waals surface area (Å²) in [7, 11) is 0. The van der Waals surface area contributed by atoms with E-state index in [9.17, 15) is 23.5 Å². The lowest BCUT2D eigenvalue weighted by Crippen LogP contribution is -2.45. The maximum Gasteiger partial charge on any atom is 0.331 e. The van der Waals surface area contributed by atoms with Gasteiger partial charge >= 0.3 is 5.97 Å². The number of fused-ring (bicyclic) bond motifs is 1. The van der Waals surface area contributed by atoms with Gasteiger partial charge in [-0.1, -0.05) is 32.0 Å². The zero-order valence-electron chi connectivity index (χ0n) is 16.9. The SMILES string of the molecule is CCOc1cccc2c1OC(C(C)C)C(=O)N(Cc1c(F)cccc1F)C2C(=O)O. The highest BCUT2D eigenvalue weighted by atomic mass is 19.1. The van der Waals surface area contributed by atoms with Gasteiger partial charge in [-0.05, 0) is 31.0 Å². The van der Waals surface area contributed by atoms with Crippen molar-refractivity contribution in [3.05, 3.63) is 59.2 Å². The highest BCUT2D eigenvalue weighted by Gasteiger charge is 2.43. The van der Waals surface area contributed by atoms with Gasteiger partial charge in [-0.15, -0.1) is 0 Å². The summed E-state index contributed by atoms with van der Waals surface area (Å²) in [5.74, 6) is -3.61. The number of ether oxygens (including phenoxy) is 2. The highest BCUT2D eigenvalue weighted by Crippen LogP contribution is 2.42. The molecule has 6 nitrogen and oxygen atoms in total. The summed E-state index contributed by atoms with van der Waals surface area (Å²) in [5.41, 5.74) is -0.203. The van der Waals surface area contributed by atoms with Gasteiger partial charge in [0.05, 0.1) is 13.2 Å². The second-order valence-electron chi connectivity index (χ2n) is 7.30. The summed E-state index contributed by atoms with van der Waals surface area (Å²) < 4.78 is 40.1. The fraction of sp³-hybridized carbons (Fsp3) is 0.364. The van der Waals surface area contributed by atoms with Crippen molar-refractivity contribution in [3.63, 3.8) is 0 Å². The number of hydrogen-bond acceptors (Lipinski definition) is 4. The number of hydrogen-bond donors (Lipinski definition) is 1. The van der Waals surface area contributed by atoms with E-state index in [1.165, 1.54) is 12.1 Å². The van der Waals surface area contributed by atoms with E-state index in [0.29, 0.717) is 12.4 Å². The van der Waals surface area contributed by atoms with Crippen molar-refractivity contribution in [2.45, 2.75) is 39.5 Å². The number of amides is 1. The van der Waals surface area contributed by atoms with Crippen molar-refractivity contribution in [2.24, 2.45) is 5.92 Å². The third-order valence-electron chi connectivity index (χ3n) is 4.92. The van der Waals surface area contributed by atoms with E-state index in [2.05, 4.69) is 0 Å². The first-order valence-electron chi connectivity index (χ1n) is 9.64. The van der Waals surface area contributed by atoms with E-state index < -0.39 is 42.2 Å². The standard InChI is InChI=1S/C22H23F2NO5/c1-4-29-17-10-5-7-13-18(22(27)28)25(11-14-15(23)8-6-9-16(14)24)21(26)19(12(2)3)30-20(13)17/h5-10,12,18-19H,4,11H2,1-3H3,(H,27,28). The Morgan fingerprint density at radius 1 is 1.20 bits per heavy atom. The maximum absolute atomic E-state index is 14.3. The molecular formula is C22H23F2NO5. The van der Waals surface area contributed by atoms with Gasteiger partial charge in [0.25, 0.3) is 5.91 Å². The van der Waals surface area contributed by atoms with E-state index in [-0.39, 0.29) is 22.8 Å². The molecule has 2 unspecified atom stereocenters. The highest BCUT2D eigenvalue weighted by molar-refractivity contribution is 5.89. The third-order valence-corrected chi connectivity index (χ3v) is 4.92. The van der Waals surface area contributed by atoms with Crippen molar-refractivity contribution < 1.29 is 33.0 Å². The lowest BCUT2D eigenvalue weighted by Gasteiger charge is -2.30. The zero-order chi connectivity index (χ0) is 22.0. The number of benzene rings is 2. The molecule has 30 heavy (non-hydrogen) atoms. The molecule has 1 aliphatic heterocycles. The quantitative estimate of drug-likeness (QED) is 0.768. The number of carboxylic acid groups (broad SMARTS) is 1. The average molecular weight is 419 g/mol. The number of aliphatic carboxylic acids is 1. The summed E-state index contributed by atoms with van der Waals surface area (Å²) in [6.07, 6.45) is -1.05. The van der Waals surface area contributed by atoms with Crippen molar-refractivity contribution in [2.75, 3.05) is 6.61 Å². The van der Waals surface area contributed by atoms with Gasteiger partial charge < -0.3 is 19.5 Å². The minimum absolute atomic E-state index is 0.148. The first kappa shape index (κ1) is 21.5. The second-order valence-corrected chi connectivity index (χ2v) is 7.30. The Balaban J connectivity index is 2.20. The molecule has 0 aliphatic carbocycles. The number of nitrogens with zero attached hydrogens (tertiary/aromatic N) is 1. The molecule has 1 aliphatic rings. The smallest absolute Gasteiger partial charge is 0.331 e. The average Bonchev–Trinajstić information content (AvgIpc) is 2.80. The fourth-order valence-electron chi connectivity index (χ4n) is 3.49. The number of halogens is 2. The molecule has 2 atom stereocenters. The first-order valence-corrected chi connectivity index (χ1v) is 9.64. The van der Waals surface area contributed by atoms with Gasteiger partial charge in [-0.25, -0.2) is 13.6 Å². The Hall–Kier alpha value is -3.16. The summed E-state index contributed by atoms with van der Waals surface area (Å²) in [6.45, 7) is 5.01. The molecule has 8 heteroatoms. The largest absolute Gasteiger partial charge is 0.490 e. The normalized spacial score (nSPS) is 18.6. The summed E-state index contributed by atoms with van der Waals surface area (Å²) in [6, 6.07) is 6.55. The lowest BCUT2D eigenvalue weighted by molar-refractivity contribution is -0.154. The topological polar surface area (TPSA) is 76.1 Å². The lowest BCUT2D eigenvalue weighted by atomic mass is 10.0. The van der Waals surface area contributed by atoms with E-state index >= 15 is 0 Å². The molecule has 0 radical (unpaired) electrons. The van der Waals surface area contributed by atoms with Crippen LogP contribution in [0.3, 0.4) is 0 Å². The van der Waals surface area contributed by atoms with Gasteiger partial charge in [0.1, 0.15) is 11.6 Å². The Morgan fingerprint density at radius 3 is 2.40 bits per heavy atom. The van der Waals surface area contributed by atoms with Crippen molar-refractivity contribution in [3.8, 4) is 11.5 Å². The number of rotatable bonds is 6. The molecule has 160 valence electrons. The van der Waals surface area contributed by atoms with Gasteiger partial charge in [-0.2, -0.15) is 0 Å². The molecule has 0 saturated carbocycles. The first-order chi connectivity index (χ1) is 14.3. The second kappa shape index (κ2) is 8.69. The number of carbonyl (C=O) groups excluding carboxylic acids is 1. The predicted octanol–water partition coefficient (Wildman–Crippen LogP) is 3.94. The van der Waals surface area contributed by atoms with Crippen LogP contribution in [0.1, 0.15) is 37.9 Å². The third kappa shape index (κ3) is 3.94. The van der Waals surface area contributed by atoms with Crippen molar-refractivity contribution >= 4 is 11.9 Å². The minimum atomic E-state index is -1.50. The summed E-state index contributed by atoms with van der Waals surface area (Å²) >= 11 is 0. The molecule has 2 aromatic rings. The summed E-state index contributed by atoms with van der Waals surface area (Å²) in [5, 5.41) is 9.98. The minimum Gasteiger partial charge on any atom is -0.490 e. The molecule has 0 spiro atoms. The molecule has 1 N–H and O–H groups in total. The zero-order valence-corrected chi connectivity index (χ0v) is 16.9. The fourth-order valence-corrected chi connectivity index (χ4v) is 3.49. The van der Waals surface area contributed by atoms with Crippen LogP contribution < -0.4 is 9.47 Å². The van der Waals surface area contributed by atoms with Crippen LogP contribution in [0, 0.1) is 17.6 Å². The van der Waals surface area contributed by atoms with Crippen LogP contribution in [0.15, 0.2) is 36.4 Å². The number of carboxylic acids is 1. The Bertz CT molecular complexity index is 942. The summed E-state index contributed by atoms with van der Waals surface area (Å²) in [4.78, 5) is 26.5. The molecule has 1 amide bonds. The van der Waals surface area contributed by atoms with Crippen LogP contribution in [0.2, 0.25) is 0 Å². The molecule has 3 rings (SSSR count). The Morgan fingerprint density at radius 2 is 1.83 bits per heavy atom. The van der Waals surface area contributed by atoms with E-state index in [0.717, 1.165) is 17.0 Å². The molecule has 0 fully saturated rings. The predicted molar refractivity (Wildman–Crippen MR) is 104 cm³/mol. The molecule has 0 bridgehead atoms. The monoisotopic (exact) mass is 419 g/mol.